The number of nitrogens with zero attached hydrogens (tertiary/aromatic N) is 2. The van der Waals surface area contributed by atoms with Crippen LogP contribution in [0, 0.1) is 12.7 Å². The summed E-state index contributed by atoms with van der Waals surface area (Å²) in [6.07, 6.45) is 1.81. The molecule has 0 spiro atoms. The summed E-state index contributed by atoms with van der Waals surface area (Å²) in [5.74, 6) is -0.409. The Balaban J connectivity index is 2.32. The Morgan fingerprint density at radius 1 is 1.12 bits per heavy atom. The fourth-order valence-corrected chi connectivity index (χ4v) is 2.61. The first-order valence-electron chi connectivity index (χ1n) is 7.74. The number of anilines is 2. The van der Waals surface area contributed by atoms with Gasteiger partial charge in [-0.05, 0) is 56.7 Å². The smallest absolute Gasteiger partial charge is 0.126 e. The lowest BCUT2D eigenvalue weighted by Gasteiger charge is -2.15. The van der Waals surface area contributed by atoms with E-state index >= 15 is 0 Å². The van der Waals surface area contributed by atoms with Crippen LogP contribution in [0.1, 0.15) is 19.4 Å². The average Bonchev–Trinajstić information content (AvgIpc) is 2.52. The van der Waals surface area contributed by atoms with Gasteiger partial charge in [0.05, 0.1) is 22.7 Å². The SMILES string of the molecule is CCN(C=Nc1cc(C)c(Cl)c(Nc2cc(F)cc(Cl)c2)c1)CC. The van der Waals surface area contributed by atoms with Crippen LogP contribution in [0.4, 0.5) is 21.5 Å². The summed E-state index contributed by atoms with van der Waals surface area (Å²) in [6, 6.07) is 8.00. The highest BCUT2D eigenvalue weighted by atomic mass is 35.5. The third-order valence-electron chi connectivity index (χ3n) is 3.56. The molecule has 0 saturated carbocycles. The van der Waals surface area contributed by atoms with E-state index in [0.717, 1.165) is 24.3 Å². The van der Waals surface area contributed by atoms with Gasteiger partial charge in [0.2, 0.25) is 0 Å². The van der Waals surface area contributed by atoms with Crippen molar-refractivity contribution in [2.45, 2.75) is 20.8 Å². The van der Waals surface area contributed by atoms with Crippen molar-refractivity contribution >= 4 is 46.6 Å². The van der Waals surface area contributed by atoms with Gasteiger partial charge in [-0.2, -0.15) is 0 Å². The molecule has 0 amide bonds. The van der Waals surface area contributed by atoms with E-state index in [2.05, 4.69) is 29.1 Å². The maximum absolute atomic E-state index is 13.5. The minimum absolute atomic E-state index is 0.320. The van der Waals surface area contributed by atoms with Gasteiger partial charge in [-0.25, -0.2) is 9.38 Å². The van der Waals surface area contributed by atoms with Gasteiger partial charge >= 0.3 is 0 Å². The molecule has 0 unspecified atom stereocenters. The Labute approximate surface area is 152 Å². The van der Waals surface area contributed by atoms with Crippen molar-refractivity contribution in [3.05, 3.63) is 51.8 Å². The topological polar surface area (TPSA) is 27.6 Å². The molecule has 0 bridgehead atoms. The summed E-state index contributed by atoms with van der Waals surface area (Å²) in [6.45, 7) is 7.83. The largest absolute Gasteiger partial charge is 0.363 e. The molecule has 0 heterocycles. The highest BCUT2D eigenvalue weighted by molar-refractivity contribution is 6.34. The number of hydrogen-bond acceptors (Lipinski definition) is 2. The maximum Gasteiger partial charge on any atom is 0.126 e. The molecule has 1 N–H and O–H groups in total. The highest BCUT2D eigenvalue weighted by Gasteiger charge is 2.08. The monoisotopic (exact) mass is 367 g/mol. The lowest BCUT2D eigenvalue weighted by atomic mass is 10.2. The fourth-order valence-electron chi connectivity index (χ4n) is 2.23. The molecule has 2 aromatic carbocycles. The Hall–Kier alpha value is -1.78. The predicted molar refractivity (Wildman–Crippen MR) is 102 cm³/mol. The lowest BCUT2D eigenvalue weighted by molar-refractivity contribution is 0.480. The quantitative estimate of drug-likeness (QED) is 0.487. The standard InChI is InChI=1S/C18H20Cl2FN3/c1-4-24(5-2)11-22-15-6-12(3)18(20)17(10-15)23-16-8-13(19)7-14(21)9-16/h6-11,23H,4-5H2,1-3H3. The van der Waals surface area contributed by atoms with E-state index < -0.39 is 5.82 Å². The number of hydrogen-bond donors (Lipinski definition) is 1. The van der Waals surface area contributed by atoms with Crippen molar-refractivity contribution in [3.8, 4) is 0 Å². The molecule has 0 atom stereocenters. The highest BCUT2D eigenvalue weighted by Crippen LogP contribution is 2.33. The number of halogens is 3. The van der Waals surface area contributed by atoms with E-state index in [1.165, 1.54) is 12.1 Å². The minimum Gasteiger partial charge on any atom is -0.363 e. The second kappa shape index (κ2) is 8.36. The van der Waals surface area contributed by atoms with Crippen LogP contribution in [0.15, 0.2) is 35.3 Å². The van der Waals surface area contributed by atoms with E-state index in [1.807, 2.05) is 25.4 Å². The molecule has 6 heteroatoms. The van der Waals surface area contributed by atoms with E-state index in [0.29, 0.717) is 21.4 Å². The first-order chi connectivity index (χ1) is 11.4. The normalized spacial score (nSPS) is 11.1. The Kier molecular flexibility index (Phi) is 6.46. The summed E-state index contributed by atoms with van der Waals surface area (Å²) in [5, 5.41) is 3.99. The molecule has 0 fully saturated rings. The van der Waals surface area contributed by atoms with Crippen LogP contribution in [0.2, 0.25) is 10.0 Å². The number of nitrogens with one attached hydrogen (secondary N) is 1. The van der Waals surface area contributed by atoms with E-state index in [-0.39, 0.29) is 0 Å². The first kappa shape index (κ1) is 18.6. The second-order valence-corrected chi connectivity index (χ2v) is 6.19. The van der Waals surface area contributed by atoms with Crippen LogP contribution in [0.3, 0.4) is 0 Å². The zero-order chi connectivity index (χ0) is 17.7. The van der Waals surface area contributed by atoms with Crippen LogP contribution < -0.4 is 5.32 Å². The molecule has 3 nitrogen and oxygen atoms in total. The Morgan fingerprint density at radius 2 is 1.83 bits per heavy atom. The van der Waals surface area contributed by atoms with Crippen molar-refractivity contribution in [2.24, 2.45) is 4.99 Å². The number of rotatable bonds is 6. The summed E-state index contributed by atoms with van der Waals surface area (Å²) in [7, 11) is 0. The molecule has 2 rings (SSSR count). The van der Waals surface area contributed by atoms with Crippen LogP contribution in [0.25, 0.3) is 0 Å². The fraction of sp³-hybridized carbons (Fsp3) is 0.278. The van der Waals surface area contributed by atoms with Gasteiger partial charge in [-0.3, -0.25) is 0 Å². The minimum atomic E-state index is -0.409. The number of aryl methyl sites for hydroxylation is 1. The van der Waals surface area contributed by atoms with E-state index in [4.69, 9.17) is 23.2 Å². The predicted octanol–water partition coefficient (Wildman–Crippen LogP) is 6.19. The molecule has 0 aliphatic rings. The summed E-state index contributed by atoms with van der Waals surface area (Å²) >= 11 is 12.3. The molecule has 128 valence electrons. The molecule has 0 aromatic heterocycles. The molecule has 0 aliphatic carbocycles. The zero-order valence-electron chi connectivity index (χ0n) is 13.9. The van der Waals surface area contributed by atoms with Gasteiger partial charge < -0.3 is 10.2 Å². The maximum atomic E-state index is 13.5. The van der Waals surface area contributed by atoms with Crippen molar-refractivity contribution in [1.82, 2.24) is 4.90 Å². The van der Waals surface area contributed by atoms with Crippen molar-refractivity contribution in [1.29, 1.82) is 0 Å². The van der Waals surface area contributed by atoms with Gasteiger partial charge in [-0.15, -0.1) is 0 Å². The van der Waals surface area contributed by atoms with Crippen LogP contribution in [-0.4, -0.2) is 24.3 Å². The van der Waals surface area contributed by atoms with E-state index in [9.17, 15) is 4.39 Å². The van der Waals surface area contributed by atoms with Gasteiger partial charge in [0.25, 0.3) is 0 Å². The summed E-state index contributed by atoms with van der Waals surface area (Å²) in [4.78, 5) is 6.58. The molecule has 24 heavy (non-hydrogen) atoms. The summed E-state index contributed by atoms with van der Waals surface area (Å²) < 4.78 is 13.5. The van der Waals surface area contributed by atoms with Crippen LogP contribution in [-0.2, 0) is 0 Å². The average molecular weight is 368 g/mol. The molecule has 2 aromatic rings. The third-order valence-corrected chi connectivity index (χ3v) is 4.28. The first-order valence-corrected chi connectivity index (χ1v) is 8.50. The molecular formula is C18H20Cl2FN3. The molecule has 0 aliphatic heterocycles. The van der Waals surface area contributed by atoms with Gasteiger partial charge in [0.1, 0.15) is 5.82 Å². The molecule has 0 radical (unpaired) electrons. The van der Waals surface area contributed by atoms with Crippen LogP contribution in [0.5, 0.6) is 0 Å². The van der Waals surface area contributed by atoms with E-state index in [1.54, 1.807) is 6.07 Å². The number of benzene rings is 2. The van der Waals surface area contributed by atoms with Crippen LogP contribution >= 0.6 is 23.2 Å². The molecule has 0 saturated heterocycles. The second-order valence-electron chi connectivity index (χ2n) is 5.37. The van der Waals surface area contributed by atoms with Crippen molar-refractivity contribution < 1.29 is 4.39 Å². The van der Waals surface area contributed by atoms with Gasteiger partial charge in [0.15, 0.2) is 0 Å². The molecular weight excluding hydrogens is 348 g/mol. The van der Waals surface area contributed by atoms with Gasteiger partial charge in [0, 0.05) is 23.8 Å². The zero-order valence-corrected chi connectivity index (χ0v) is 15.4. The van der Waals surface area contributed by atoms with Crippen molar-refractivity contribution in [2.75, 3.05) is 18.4 Å². The Morgan fingerprint density at radius 3 is 2.46 bits per heavy atom. The number of aliphatic imine (C=N–C) groups is 1. The van der Waals surface area contributed by atoms with Gasteiger partial charge in [-0.1, -0.05) is 23.2 Å². The summed E-state index contributed by atoms with van der Waals surface area (Å²) in [5.41, 5.74) is 2.85. The third kappa shape index (κ3) is 4.86. The van der Waals surface area contributed by atoms with Crippen molar-refractivity contribution in [3.63, 3.8) is 0 Å². The Bertz CT molecular complexity index is 723. The lowest BCUT2D eigenvalue weighted by Crippen LogP contribution is -2.20.